The third-order valence-electron chi connectivity index (χ3n) is 4.91. The highest BCUT2D eigenvalue weighted by Crippen LogP contribution is 2.35. The normalized spacial score (nSPS) is 27.5. The van der Waals surface area contributed by atoms with Gasteiger partial charge in [0, 0.05) is 19.1 Å². The molecule has 2 heterocycles. The molecule has 23 heavy (non-hydrogen) atoms. The van der Waals surface area contributed by atoms with Crippen LogP contribution in [-0.2, 0) is 9.53 Å². The van der Waals surface area contributed by atoms with Gasteiger partial charge in [-0.1, -0.05) is 6.42 Å². The van der Waals surface area contributed by atoms with E-state index in [9.17, 15) is 9.59 Å². The molecule has 0 radical (unpaired) electrons. The smallest absolute Gasteiger partial charge is 0.350 e. The second kappa shape index (κ2) is 6.98. The first kappa shape index (κ1) is 16.4. The molecule has 3 unspecified atom stereocenters. The molecule has 6 nitrogen and oxygen atoms in total. The maximum atomic E-state index is 12.3. The van der Waals surface area contributed by atoms with Crippen molar-refractivity contribution in [3.8, 4) is 0 Å². The molecule has 3 atom stereocenters. The summed E-state index contributed by atoms with van der Waals surface area (Å²) in [5, 5.41) is 4.59. The average molecular weight is 337 g/mol. The zero-order valence-electron chi connectivity index (χ0n) is 13.3. The van der Waals surface area contributed by atoms with Crippen molar-refractivity contribution in [1.29, 1.82) is 0 Å². The minimum Gasteiger partial charge on any atom is -0.465 e. The third kappa shape index (κ3) is 3.57. The van der Waals surface area contributed by atoms with Crippen LogP contribution in [-0.4, -0.2) is 49.6 Å². The molecule has 1 aliphatic carbocycles. The molecule has 1 aromatic rings. The minimum atomic E-state index is -0.423. The second-order valence-corrected chi connectivity index (χ2v) is 7.33. The molecule has 7 heteroatoms. The molecule has 1 aliphatic heterocycles. The molecular formula is C16H23N3O3S. The van der Waals surface area contributed by atoms with Crippen LogP contribution in [0.4, 0.5) is 5.69 Å². The summed E-state index contributed by atoms with van der Waals surface area (Å²) in [7, 11) is 1.34. The van der Waals surface area contributed by atoms with Gasteiger partial charge in [-0.25, -0.2) is 4.79 Å². The zero-order chi connectivity index (χ0) is 16.4. The fraction of sp³-hybridized carbons (Fsp3) is 0.625. The minimum absolute atomic E-state index is 0.0965. The summed E-state index contributed by atoms with van der Waals surface area (Å²) < 4.78 is 4.72. The van der Waals surface area contributed by atoms with Gasteiger partial charge in [-0.15, -0.1) is 11.3 Å². The van der Waals surface area contributed by atoms with Crippen molar-refractivity contribution in [3.63, 3.8) is 0 Å². The van der Waals surface area contributed by atoms with Gasteiger partial charge in [0.05, 0.1) is 19.3 Å². The van der Waals surface area contributed by atoms with E-state index in [1.54, 1.807) is 11.4 Å². The number of nitrogens with one attached hydrogen (secondary N) is 1. The third-order valence-corrected chi connectivity index (χ3v) is 5.80. The Bertz CT molecular complexity index is 589. The van der Waals surface area contributed by atoms with Crippen molar-refractivity contribution in [2.45, 2.75) is 25.3 Å². The van der Waals surface area contributed by atoms with E-state index in [-0.39, 0.29) is 11.9 Å². The first-order chi connectivity index (χ1) is 11.1. The van der Waals surface area contributed by atoms with E-state index in [1.807, 2.05) is 0 Å². The van der Waals surface area contributed by atoms with Gasteiger partial charge in [0.15, 0.2) is 0 Å². The highest BCUT2D eigenvalue weighted by atomic mass is 32.1. The van der Waals surface area contributed by atoms with E-state index in [1.165, 1.54) is 31.3 Å². The molecule has 3 rings (SSSR count). The fourth-order valence-corrected chi connectivity index (χ4v) is 4.56. The number of carbonyl (C=O) groups is 2. The lowest BCUT2D eigenvalue weighted by atomic mass is 9.78. The van der Waals surface area contributed by atoms with Gasteiger partial charge in [-0.3, -0.25) is 9.69 Å². The van der Waals surface area contributed by atoms with Crippen LogP contribution in [0.5, 0.6) is 0 Å². The molecule has 1 amide bonds. The second-order valence-electron chi connectivity index (χ2n) is 6.42. The van der Waals surface area contributed by atoms with Gasteiger partial charge in [-0.05, 0) is 36.1 Å². The van der Waals surface area contributed by atoms with E-state index >= 15 is 0 Å². The summed E-state index contributed by atoms with van der Waals surface area (Å²) in [5.41, 5.74) is 6.74. The zero-order valence-corrected chi connectivity index (χ0v) is 14.1. The Morgan fingerprint density at radius 3 is 3.00 bits per heavy atom. The van der Waals surface area contributed by atoms with E-state index in [0.29, 0.717) is 28.9 Å². The van der Waals surface area contributed by atoms with Crippen molar-refractivity contribution in [2.24, 2.45) is 17.6 Å². The Kier molecular flexibility index (Phi) is 4.99. The molecule has 1 saturated heterocycles. The highest BCUT2D eigenvalue weighted by Gasteiger charge is 2.39. The SMILES string of the molecule is COC(=O)c1sccc1NC(=O)CN1CC2CCCC(N)C2C1. The largest absolute Gasteiger partial charge is 0.465 e. The van der Waals surface area contributed by atoms with Gasteiger partial charge >= 0.3 is 5.97 Å². The van der Waals surface area contributed by atoms with Crippen LogP contribution in [0.25, 0.3) is 0 Å². The number of ether oxygens (including phenoxy) is 1. The number of methoxy groups -OCH3 is 1. The maximum absolute atomic E-state index is 12.3. The topological polar surface area (TPSA) is 84.7 Å². The van der Waals surface area contributed by atoms with Crippen LogP contribution >= 0.6 is 11.3 Å². The van der Waals surface area contributed by atoms with E-state index < -0.39 is 5.97 Å². The Balaban J connectivity index is 1.56. The fourth-order valence-electron chi connectivity index (χ4n) is 3.79. The molecule has 3 N–H and O–H groups in total. The lowest BCUT2D eigenvalue weighted by Crippen LogP contribution is -2.38. The van der Waals surface area contributed by atoms with Gasteiger partial charge in [-0.2, -0.15) is 0 Å². The summed E-state index contributed by atoms with van der Waals surface area (Å²) >= 11 is 1.26. The number of esters is 1. The number of thiophene rings is 1. The van der Waals surface area contributed by atoms with Crippen LogP contribution in [0.3, 0.4) is 0 Å². The Hall–Kier alpha value is -1.44. The van der Waals surface area contributed by atoms with Crippen molar-refractivity contribution < 1.29 is 14.3 Å². The molecule has 0 aromatic carbocycles. The van der Waals surface area contributed by atoms with Crippen molar-refractivity contribution in [2.75, 3.05) is 32.1 Å². The van der Waals surface area contributed by atoms with E-state index in [2.05, 4.69) is 10.2 Å². The molecule has 1 aromatic heterocycles. The monoisotopic (exact) mass is 337 g/mol. The number of carbonyl (C=O) groups excluding carboxylic acids is 2. The van der Waals surface area contributed by atoms with Gasteiger partial charge < -0.3 is 15.8 Å². The number of fused-ring (bicyclic) bond motifs is 1. The number of amides is 1. The van der Waals surface area contributed by atoms with Crippen molar-refractivity contribution in [3.05, 3.63) is 16.3 Å². The Labute approximate surface area is 140 Å². The highest BCUT2D eigenvalue weighted by molar-refractivity contribution is 7.12. The molecule has 2 fully saturated rings. The van der Waals surface area contributed by atoms with Gasteiger partial charge in [0.25, 0.3) is 0 Å². The van der Waals surface area contributed by atoms with Crippen LogP contribution in [0.2, 0.25) is 0 Å². The van der Waals surface area contributed by atoms with Crippen LogP contribution in [0, 0.1) is 11.8 Å². The van der Waals surface area contributed by atoms with Crippen LogP contribution in [0.1, 0.15) is 28.9 Å². The number of likely N-dealkylation sites (tertiary alicyclic amines) is 1. The van der Waals surface area contributed by atoms with Crippen molar-refractivity contribution in [1.82, 2.24) is 4.90 Å². The quantitative estimate of drug-likeness (QED) is 0.814. The summed E-state index contributed by atoms with van der Waals surface area (Å²) in [6.45, 7) is 2.18. The number of nitrogens with two attached hydrogens (primary N) is 1. The van der Waals surface area contributed by atoms with E-state index in [0.717, 1.165) is 19.5 Å². The summed E-state index contributed by atoms with van der Waals surface area (Å²) in [6.07, 6.45) is 3.51. The average Bonchev–Trinajstić information content (AvgIpc) is 3.13. The maximum Gasteiger partial charge on any atom is 0.350 e. The molecule has 2 aliphatic rings. The number of anilines is 1. The standard InChI is InChI=1S/C16H23N3O3S/c1-22-16(21)15-13(5-6-23-15)18-14(20)9-19-7-10-3-2-4-12(17)11(10)8-19/h5-6,10-12H,2-4,7-9,17H2,1H3,(H,18,20). The number of hydrogen-bond donors (Lipinski definition) is 2. The lowest BCUT2D eigenvalue weighted by molar-refractivity contribution is -0.117. The van der Waals surface area contributed by atoms with Crippen molar-refractivity contribution >= 4 is 28.9 Å². The first-order valence-electron chi connectivity index (χ1n) is 8.02. The molecular weight excluding hydrogens is 314 g/mol. The molecule has 0 spiro atoms. The van der Waals surface area contributed by atoms with Gasteiger partial charge in [0.1, 0.15) is 4.88 Å². The van der Waals surface area contributed by atoms with Crippen LogP contribution < -0.4 is 11.1 Å². The van der Waals surface area contributed by atoms with E-state index in [4.69, 9.17) is 10.5 Å². The van der Waals surface area contributed by atoms with Crippen LogP contribution in [0.15, 0.2) is 11.4 Å². The molecule has 1 saturated carbocycles. The molecule has 126 valence electrons. The lowest BCUT2D eigenvalue weighted by Gasteiger charge is -2.29. The Morgan fingerprint density at radius 1 is 1.43 bits per heavy atom. The Morgan fingerprint density at radius 2 is 2.26 bits per heavy atom. The first-order valence-corrected chi connectivity index (χ1v) is 8.90. The van der Waals surface area contributed by atoms with Gasteiger partial charge in [0.2, 0.25) is 5.91 Å². The number of rotatable bonds is 4. The summed E-state index contributed by atoms with van der Waals surface area (Å²) in [4.78, 5) is 26.5. The number of hydrogen-bond acceptors (Lipinski definition) is 6. The predicted octanol–water partition coefficient (Wildman–Crippen LogP) is 1.53. The predicted molar refractivity (Wildman–Crippen MR) is 89.5 cm³/mol. The number of nitrogens with zero attached hydrogens (tertiary/aromatic N) is 1. The summed E-state index contributed by atoms with van der Waals surface area (Å²) in [5.74, 6) is 0.621. The summed E-state index contributed by atoms with van der Waals surface area (Å²) in [6, 6.07) is 2.00. The molecule has 0 bridgehead atoms.